The molecule has 152 valence electrons. The standard InChI is InChI=1S/C21H32N2O3.ClH/c1-3-4-5-16-26-19-8-6-17(7-9-19)20(24)10-11-21(25)23-14-12-18(22-2)13-15-23;/h6-9,18,22H,3-5,10-16H2,1-2H3;1H. The topological polar surface area (TPSA) is 58.6 Å². The monoisotopic (exact) mass is 396 g/mol. The van der Waals surface area contributed by atoms with Gasteiger partial charge in [-0.25, -0.2) is 0 Å². The lowest BCUT2D eigenvalue weighted by molar-refractivity contribution is -0.132. The molecule has 0 aromatic heterocycles. The summed E-state index contributed by atoms with van der Waals surface area (Å²) in [6, 6.07) is 7.76. The predicted octanol–water partition coefficient (Wildman–Crippen LogP) is 3.85. The first kappa shape index (κ1) is 23.4. The van der Waals surface area contributed by atoms with Crippen molar-refractivity contribution >= 4 is 24.1 Å². The van der Waals surface area contributed by atoms with Crippen molar-refractivity contribution in [3.63, 3.8) is 0 Å². The third kappa shape index (κ3) is 7.89. The molecule has 0 aliphatic carbocycles. The number of carbonyl (C=O) groups is 2. The molecule has 27 heavy (non-hydrogen) atoms. The Morgan fingerprint density at radius 2 is 1.78 bits per heavy atom. The zero-order chi connectivity index (χ0) is 18.8. The first-order valence-corrected chi connectivity index (χ1v) is 9.85. The Hall–Kier alpha value is -1.59. The van der Waals surface area contributed by atoms with Gasteiger partial charge in [0.1, 0.15) is 5.75 Å². The van der Waals surface area contributed by atoms with E-state index in [1.54, 1.807) is 12.1 Å². The Morgan fingerprint density at radius 1 is 1.11 bits per heavy atom. The van der Waals surface area contributed by atoms with Crippen LogP contribution in [0, 0.1) is 0 Å². The van der Waals surface area contributed by atoms with Gasteiger partial charge >= 0.3 is 0 Å². The zero-order valence-electron chi connectivity index (χ0n) is 16.5. The van der Waals surface area contributed by atoms with E-state index in [9.17, 15) is 9.59 Å². The van der Waals surface area contributed by atoms with Crippen LogP contribution in [0.2, 0.25) is 0 Å². The van der Waals surface area contributed by atoms with Crippen molar-refractivity contribution in [2.45, 2.75) is 57.9 Å². The number of unbranched alkanes of at least 4 members (excludes halogenated alkanes) is 2. The first-order valence-electron chi connectivity index (χ1n) is 9.85. The van der Waals surface area contributed by atoms with E-state index < -0.39 is 0 Å². The highest BCUT2D eigenvalue weighted by molar-refractivity contribution is 5.98. The van der Waals surface area contributed by atoms with Gasteiger partial charge in [-0.2, -0.15) is 0 Å². The minimum atomic E-state index is 0. The molecule has 6 heteroatoms. The van der Waals surface area contributed by atoms with Crippen LogP contribution in [0.1, 0.15) is 62.2 Å². The second kappa shape index (κ2) is 12.7. The maximum atomic E-state index is 12.3. The molecule has 2 rings (SSSR count). The van der Waals surface area contributed by atoms with E-state index in [1.807, 2.05) is 24.1 Å². The average molecular weight is 397 g/mol. The molecule has 0 unspecified atom stereocenters. The molecule has 1 amide bonds. The number of rotatable bonds is 10. The fraction of sp³-hybridized carbons (Fsp3) is 0.619. The van der Waals surface area contributed by atoms with Crippen LogP contribution in [-0.4, -0.2) is 49.4 Å². The third-order valence-corrected chi connectivity index (χ3v) is 5.01. The first-order chi connectivity index (χ1) is 12.6. The van der Waals surface area contributed by atoms with Gasteiger partial charge in [-0.15, -0.1) is 12.4 Å². The van der Waals surface area contributed by atoms with Crippen molar-refractivity contribution in [2.24, 2.45) is 0 Å². The average Bonchev–Trinajstić information content (AvgIpc) is 2.69. The summed E-state index contributed by atoms with van der Waals surface area (Å²) < 4.78 is 5.66. The lowest BCUT2D eigenvalue weighted by atomic mass is 10.0. The van der Waals surface area contributed by atoms with Crippen molar-refractivity contribution in [2.75, 3.05) is 26.7 Å². The molecule has 1 saturated heterocycles. The summed E-state index contributed by atoms with van der Waals surface area (Å²) in [5, 5.41) is 3.26. The fourth-order valence-corrected chi connectivity index (χ4v) is 3.22. The van der Waals surface area contributed by atoms with Crippen LogP contribution in [-0.2, 0) is 4.79 Å². The number of likely N-dealkylation sites (tertiary alicyclic amines) is 1. The summed E-state index contributed by atoms with van der Waals surface area (Å²) in [6.45, 7) is 4.43. The number of benzene rings is 1. The molecular weight excluding hydrogens is 364 g/mol. The summed E-state index contributed by atoms with van der Waals surface area (Å²) in [4.78, 5) is 26.5. The Kier molecular flexibility index (Phi) is 11.1. The molecule has 0 spiro atoms. The number of amides is 1. The second-order valence-electron chi connectivity index (χ2n) is 6.95. The number of piperidine rings is 1. The molecule has 1 aliphatic heterocycles. The van der Waals surface area contributed by atoms with Crippen LogP contribution in [0.3, 0.4) is 0 Å². The number of ketones is 1. The van der Waals surface area contributed by atoms with Gasteiger partial charge in [0, 0.05) is 37.5 Å². The lowest BCUT2D eigenvalue weighted by Crippen LogP contribution is -2.44. The number of hydrogen-bond acceptors (Lipinski definition) is 4. The van der Waals surface area contributed by atoms with Crippen LogP contribution in [0.5, 0.6) is 5.75 Å². The van der Waals surface area contributed by atoms with Crippen LogP contribution in [0.4, 0.5) is 0 Å². The van der Waals surface area contributed by atoms with Gasteiger partial charge in [0.05, 0.1) is 6.61 Å². The zero-order valence-corrected chi connectivity index (χ0v) is 17.4. The maximum Gasteiger partial charge on any atom is 0.223 e. The third-order valence-electron chi connectivity index (χ3n) is 5.01. The van der Waals surface area contributed by atoms with Gasteiger partial charge in [-0.1, -0.05) is 19.8 Å². The highest BCUT2D eigenvalue weighted by Crippen LogP contribution is 2.16. The molecule has 0 saturated carbocycles. The van der Waals surface area contributed by atoms with Crippen LogP contribution < -0.4 is 10.1 Å². The Labute approximate surface area is 169 Å². The normalized spacial score (nSPS) is 14.5. The highest BCUT2D eigenvalue weighted by Gasteiger charge is 2.22. The van der Waals surface area contributed by atoms with Crippen molar-refractivity contribution in [1.82, 2.24) is 10.2 Å². The summed E-state index contributed by atoms with van der Waals surface area (Å²) in [5.41, 5.74) is 0.646. The largest absolute Gasteiger partial charge is 0.494 e. The van der Waals surface area contributed by atoms with Crippen molar-refractivity contribution in [1.29, 1.82) is 0 Å². The molecule has 0 atom stereocenters. The van der Waals surface area contributed by atoms with Gasteiger partial charge in [-0.3, -0.25) is 9.59 Å². The van der Waals surface area contributed by atoms with Gasteiger partial charge < -0.3 is 15.0 Å². The molecule has 0 radical (unpaired) electrons. The highest BCUT2D eigenvalue weighted by atomic mass is 35.5. The Bertz CT molecular complexity index is 569. The van der Waals surface area contributed by atoms with E-state index in [1.165, 1.54) is 6.42 Å². The summed E-state index contributed by atoms with van der Waals surface area (Å²) in [6.07, 6.45) is 5.90. The van der Waals surface area contributed by atoms with Crippen LogP contribution in [0.15, 0.2) is 24.3 Å². The number of carbonyl (C=O) groups excluding carboxylic acids is 2. The Morgan fingerprint density at radius 3 is 2.37 bits per heavy atom. The Balaban J connectivity index is 0.00000364. The van der Waals surface area contributed by atoms with Crippen LogP contribution >= 0.6 is 12.4 Å². The number of Topliss-reactive ketones (excluding diaryl/α,β-unsaturated/α-hetero) is 1. The molecule has 1 N–H and O–H groups in total. The van der Waals surface area contributed by atoms with E-state index in [4.69, 9.17) is 4.74 Å². The summed E-state index contributed by atoms with van der Waals surface area (Å²) >= 11 is 0. The van der Waals surface area contributed by atoms with Gasteiger partial charge in [0.2, 0.25) is 5.91 Å². The van der Waals surface area contributed by atoms with E-state index in [0.717, 1.165) is 44.5 Å². The minimum absolute atomic E-state index is 0. The van der Waals surface area contributed by atoms with Crippen molar-refractivity contribution in [3.05, 3.63) is 29.8 Å². The van der Waals surface area contributed by atoms with Gasteiger partial charge in [0.15, 0.2) is 5.78 Å². The molecule has 1 aliphatic rings. The SMILES string of the molecule is CCCCCOc1ccc(C(=O)CCC(=O)N2CCC(NC)CC2)cc1.Cl. The number of hydrogen-bond donors (Lipinski definition) is 1. The molecule has 1 aromatic rings. The molecule has 5 nitrogen and oxygen atoms in total. The molecule has 0 bridgehead atoms. The van der Waals surface area contributed by atoms with E-state index in [-0.39, 0.29) is 30.5 Å². The molecular formula is C21H33ClN2O3. The number of nitrogens with zero attached hydrogens (tertiary/aromatic N) is 1. The molecule has 1 fully saturated rings. The number of ether oxygens (including phenoxy) is 1. The smallest absolute Gasteiger partial charge is 0.223 e. The fourth-order valence-electron chi connectivity index (χ4n) is 3.22. The van der Waals surface area contributed by atoms with E-state index >= 15 is 0 Å². The van der Waals surface area contributed by atoms with Crippen LogP contribution in [0.25, 0.3) is 0 Å². The lowest BCUT2D eigenvalue weighted by Gasteiger charge is -2.31. The van der Waals surface area contributed by atoms with E-state index in [2.05, 4.69) is 12.2 Å². The van der Waals surface area contributed by atoms with Crippen molar-refractivity contribution in [3.8, 4) is 5.75 Å². The quantitative estimate of drug-likeness (QED) is 0.482. The predicted molar refractivity (Wildman–Crippen MR) is 111 cm³/mol. The number of nitrogens with one attached hydrogen (secondary N) is 1. The summed E-state index contributed by atoms with van der Waals surface area (Å²) in [7, 11) is 1.96. The summed E-state index contributed by atoms with van der Waals surface area (Å²) in [5.74, 6) is 0.894. The number of halogens is 1. The van der Waals surface area contributed by atoms with Crippen molar-refractivity contribution < 1.29 is 14.3 Å². The maximum absolute atomic E-state index is 12.3. The van der Waals surface area contributed by atoms with Gasteiger partial charge in [-0.05, 0) is 50.6 Å². The van der Waals surface area contributed by atoms with Gasteiger partial charge in [0.25, 0.3) is 0 Å². The minimum Gasteiger partial charge on any atom is -0.494 e. The second-order valence-corrected chi connectivity index (χ2v) is 6.95. The van der Waals surface area contributed by atoms with E-state index in [0.29, 0.717) is 24.6 Å². The molecule has 1 heterocycles. The molecule has 1 aromatic carbocycles.